The second-order valence-corrected chi connectivity index (χ2v) is 9.39. The Morgan fingerprint density at radius 1 is 1.21 bits per heavy atom. The van der Waals surface area contributed by atoms with E-state index in [2.05, 4.69) is 15.0 Å². The molecule has 1 aliphatic heterocycles. The molecule has 3 atom stereocenters. The molecule has 152 valence electrons. The number of benzene rings is 1. The monoisotopic (exact) mass is 423 g/mol. The number of aromatic nitrogens is 1. The van der Waals surface area contributed by atoms with Gasteiger partial charge < -0.3 is 10.1 Å². The van der Waals surface area contributed by atoms with Gasteiger partial charge >= 0.3 is 0 Å². The standard InChI is InChI=1S/C20H25N3O3S.ClH/c1-2-27(24,25)23-17-9-15(11-22-13-17)18-5-3-4-6-19(18)26-20-8-14-7-16(20)12-21-10-14;/h3-6,9,11,13-14,16,20-21,23H,2,7-8,10,12H2,1H3;1H/t14-,16-,20+;/m1./s1. The highest BCUT2D eigenvalue weighted by molar-refractivity contribution is 7.92. The summed E-state index contributed by atoms with van der Waals surface area (Å²) >= 11 is 0. The van der Waals surface area contributed by atoms with Gasteiger partial charge in [-0.05, 0) is 44.4 Å². The number of piperidine rings is 1. The Hall–Kier alpha value is -1.83. The van der Waals surface area contributed by atoms with Gasteiger partial charge in [-0.2, -0.15) is 0 Å². The summed E-state index contributed by atoms with van der Waals surface area (Å²) in [6, 6.07) is 9.70. The first kappa shape index (κ1) is 20.9. The number of halogens is 1. The Morgan fingerprint density at radius 3 is 2.82 bits per heavy atom. The number of nitrogens with one attached hydrogen (secondary N) is 2. The number of para-hydroxylation sites is 1. The van der Waals surface area contributed by atoms with Gasteiger partial charge in [0, 0.05) is 29.8 Å². The third kappa shape index (κ3) is 4.59. The molecule has 28 heavy (non-hydrogen) atoms. The van der Waals surface area contributed by atoms with E-state index in [1.54, 1.807) is 19.2 Å². The fraction of sp³-hybridized carbons (Fsp3) is 0.450. The van der Waals surface area contributed by atoms with E-state index in [1.165, 1.54) is 12.6 Å². The van der Waals surface area contributed by atoms with Gasteiger partial charge in [0.2, 0.25) is 10.0 Å². The number of rotatable bonds is 6. The maximum Gasteiger partial charge on any atom is 0.232 e. The van der Waals surface area contributed by atoms with Crippen LogP contribution in [0.3, 0.4) is 0 Å². The minimum absolute atomic E-state index is 0. The van der Waals surface area contributed by atoms with Crippen LogP contribution in [-0.4, -0.2) is 38.3 Å². The lowest BCUT2D eigenvalue weighted by atomic mass is 10.0. The Balaban J connectivity index is 0.00000225. The van der Waals surface area contributed by atoms with Crippen molar-refractivity contribution in [2.45, 2.75) is 25.9 Å². The lowest BCUT2D eigenvalue weighted by molar-refractivity contribution is 0.161. The van der Waals surface area contributed by atoms with Crippen molar-refractivity contribution < 1.29 is 13.2 Å². The highest BCUT2D eigenvalue weighted by Crippen LogP contribution is 2.39. The van der Waals surface area contributed by atoms with Crippen LogP contribution < -0.4 is 14.8 Å². The summed E-state index contributed by atoms with van der Waals surface area (Å²) in [6.45, 7) is 3.70. The predicted octanol–water partition coefficient (Wildman–Crippen LogP) is 3.31. The van der Waals surface area contributed by atoms with Crippen LogP contribution in [0.5, 0.6) is 5.75 Å². The third-order valence-corrected chi connectivity index (χ3v) is 6.74. The molecule has 0 unspecified atom stereocenters. The Kier molecular flexibility index (Phi) is 6.47. The van der Waals surface area contributed by atoms with Crippen molar-refractivity contribution >= 4 is 28.1 Å². The molecule has 0 amide bonds. The maximum absolute atomic E-state index is 11.8. The fourth-order valence-electron chi connectivity index (χ4n) is 4.06. The molecule has 2 fully saturated rings. The van der Waals surface area contributed by atoms with Crippen LogP contribution in [0.25, 0.3) is 11.1 Å². The summed E-state index contributed by atoms with van der Waals surface area (Å²) in [4.78, 5) is 4.21. The summed E-state index contributed by atoms with van der Waals surface area (Å²) in [5, 5.41) is 3.49. The minimum Gasteiger partial charge on any atom is -0.489 e. The molecule has 2 aliphatic rings. The van der Waals surface area contributed by atoms with Gasteiger partial charge in [0.05, 0.1) is 17.6 Å². The molecule has 1 saturated heterocycles. The van der Waals surface area contributed by atoms with E-state index in [9.17, 15) is 8.42 Å². The molecule has 8 heteroatoms. The summed E-state index contributed by atoms with van der Waals surface area (Å²) in [6.07, 6.45) is 5.80. The molecule has 1 aliphatic carbocycles. The molecule has 4 rings (SSSR count). The molecule has 1 saturated carbocycles. The number of pyridine rings is 1. The zero-order chi connectivity index (χ0) is 18.9. The van der Waals surface area contributed by atoms with Gasteiger partial charge in [0.15, 0.2) is 0 Å². The van der Waals surface area contributed by atoms with Crippen molar-refractivity contribution in [3.05, 3.63) is 42.7 Å². The topological polar surface area (TPSA) is 80.3 Å². The summed E-state index contributed by atoms with van der Waals surface area (Å²) in [5.74, 6) is 2.11. The van der Waals surface area contributed by atoms with Gasteiger partial charge in [0.1, 0.15) is 11.9 Å². The highest BCUT2D eigenvalue weighted by Gasteiger charge is 2.38. The molecule has 2 N–H and O–H groups in total. The summed E-state index contributed by atoms with van der Waals surface area (Å²) < 4.78 is 32.7. The lowest BCUT2D eigenvalue weighted by Gasteiger charge is -2.23. The predicted molar refractivity (Wildman–Crippen MR) is 114 cm³/mol. The first-order valence-corrected chi connectivity index (χ1v) is 11.1. The van der Waals surface area contributed by atoms with Gasteiger partial charge in [-0.15, -0.1) is 12.4 Å². The number of ether oxygens (including phenoxy) is 1. The lowest BCUT2D eigenvalue weighted by Crippen LogP contribution is -2.34. The average Bonchev–Trinajstić information content (AvgIpc) is 2.94. The third-order valence-electron chi connectivity index (χ3n) is 5.44. The number of anilines is 1. The molecule has 1 aromatic heterocycles. The van der Waals surface area contributed by atoms with Gasteiger partial charge in [-0.3, -0.25) is 9.71 Å². The number of nitrogens with zero attached hydrogens (tertiary/aromatic N) is 1. The Morgan fingerprint density at radius 2 is 2.04 bits per heavy atom. The second-order valence-electron chi connectivity index (χ2n) is 7.38. The smallest absolute Gasteiger partial charge is 0.232 e. The molecular weight excluding hydrogens is 398 g/mol. The van der Waals surface area contributed by atoms with Crippen molar-refractivity contribution in [1.82, 2.24) is 10.3 Å². The van der Waals surface area contributed by atoms with E-state index in [0.717, 1.165) is 36.4 Å². The molecule has 0 spiro atoms. The Labute approximate surface area is 172 Å². The quantitative estimate of drug-likeness (QED) is 0.745. The molecule has 2 heterocycles. The average molecular weight is 424 g/mol. The van der Waals surface area contributed by atoms with Crippen LogP contribution in [0, 0.1) is 11.8 Å². The van der Waals surface area contributed by atoms with Crippen LogP contribution in [-0.2, 0) is 10.0 Å². The second kappa shape index (κ2) is 8.68. The van der Waals surface area contributed by atoms with Crippen molar-refractivity contribution in [2.24, 2.45) is 11.8 Å². The SMILES string of the molecule is CCS(=O)(=O)Nc1cncc(-c2ccccc2O[C@H]2C[C@@H]3CNC[C@H]2C3)c1.Cl. The zero-order valence-electron chi connectivity index (χ0n) is 15.8. The highest BCUT2D eigenvalue weighted by atomic mass is 35.5. The largest absolute Gasteiger partial charge is 0.489 e. The molecule has 2 bridgehead atoms. The Bertz CT molecular complexity index is 922. The van der Waals surface area contributed by atoms with Gasteiger partial charge in [0.25, 0.3) is 0 Å². The minimum atomic E-state index is -3.34. The first-order valence-electron chi connectivity index (χ1n) is 9.46. The van der Waals surface area contributed by atoms with Crippen LogP contribution in [0.1, 0.15) is 19.8 Å². The molecule has 0 radical (unpaired) electrons. The van der Waals surface area contributed by atoms with E-state index in [1.807, 2.05) is 24.3 Å². The van der Waals surface area contributed by atoms with E-state index < -0.39 is 10.0 Å². The van der Waals surface area contributed by atoms with E-state index in [4.69, 9.17) is 4.74 Å². The van der Waals surface area contributed by atoms with Crippen molar-refractivity contribution in [3.63, 3.8) is 0 Å². The number of fused-ring (bicyclic) bond motifs is 2. The molecule has 2 aromatic rings. The zero-order valence-corrected chi connectivity index (χ0v) is 17.4. The summed E-state index contributed by atoms with van der Waals surface area (Å²) in [7, 11) is -3.34. The first-order chi connectivity index (χ1) is 13.0. The molecule has 1 aromatic carbocycles. The van der Waals surface area contributed by atoms with Crippen LogP contribution in [0.15, 0.2) is 42.7 Å². The van der Waals surface area contributed by atoms with E-state index in [-0.39, 0.29) is 24.3 Å². The molecule has 6 nitrogen and oxygen atoms in total. The van der Waals surface area contributed by atoms with Crippen molar-refractivity contribution in [3.8, 4) is 16.9 Å². The van der Waals surface area contributed by atoms with Crippen LogP contribution in [0.4, 0.5) is 5.69 Å². The van der Waals surface area contributed by atoms with Crippen LogP contribution in [0.2, 0.25) is 0 Å². The normalized spacial score (nSPS) is 23.7. The fourth-order valence-corrected chi connectivity index (χ4v) is 4.68. The molecular formula is C20H26ClN3O3S. The maximum atomic E-state index is 11.8. The van der Waals surface area contributed by atoms with Gasteiger partial charge in [-0.1, -0.05) is 18.2 Å². The number of sulfonamides is 1. The van der Waals surface area contributed by atoms with Crippen molar-refractivity contribution in [1.29, 1.82) is 0 Å². The van der Waals surface area contributed by atoms with Gasteiger partial charge in [-0.25, -0.2) is 8.42 Å². The van der Waals surface area contributed by atoms with E-state index >= 15 is 0 Å². The number of hydrogen-bond acceptors (Lipinski definition) is 5. The number of hydrogen-bond donors (Lipinski definition) is 2. The van der Waals surface area contributed by atoms with Crippen LogP contribution >= 0.6 is 12.4 Å². The summed E-state index contributed by atoms with van der Waals surface area (Å²) in [5.41, 5.74) is 2.23. The van der Waals surface area contributed by atoms with Crippen molar-refractivity contribution in [2.75, 3.05) is 23.6 Å². The van der Waals surface area contributed by atoms with E-state index in [0.29, 0.717) is 17.5 Å².